The van der Waals surface area contributed by atoms with Crippen molar-refractivity contribution in [3.8, 4) is 18.4 Å². The van der Waals surface area contributed by atoms with Crippen LogP contribution in [0.15, 0.2) is 11.0 Å². The molecule has 0 aromatic carbocycles. The molecule has 3 rings (SSSR count). The zero-order valence-corrected chi connectivity index (χ0v) is 12.0. The van der Waals surface area contributed by atoms with Gasteiger partial charge in [0.25, 0.3) is 5.56 Å². The monoisotopic (exact) mass is 332 g/mol. The average molecular weight is 332 g/mol. The van der Waals surface area contributed by atoms with Crippen LogP contribution in [0.5, 0.6) is 0 Å². The SMILES string of the molecule is C#C[C@]1(CO)O[C@@](C#N)(c2cnc3c(=O)[nH]c(N)nn23)[C@@H](O)C1O. The second-order valence-electron chi connectivity index (χ2n) is 5.25. The van der Waals surface area contributed by atoms with Gasteiger partial charge < -0.3 is 25.8 Å². The Morgan fingerprint density at radius 2 is 2.25 bits per heavy atom. The van der Waals surface area contributed by atoms with Gasteiger partial charge in [-0.2, -0.15) is 5.26 Å². The van der Waals surface area contributed by atoms with Crippen LogP contribution >= 0.6 is 0 Å². The molecular formula is C13H12N6O5. The summed E-state index contributed by atoms with van der Waals surface area (Å²) >= 11 is 0. The summed E-state index contributed by atoms with van der Waals surface area (Å²) in [7, 11) is 0. The summed E-state index contributed by atoms with van der Waals surface area (Å²) < 4.78 is 6.35. The second-order valence-corrected chi connectivity index (χ2v) is 5.25. The Labute approximate surface area is 133 Å². The minimum absolute atomic E-state index is 0.171. The number of nitrogens with one attached hydrogen (secondary N) is 1. The van der Waals surface area contributed by atoms with Gasteiger partial charge in [-0.05, 0) is 0 Å². The molecule has 0 radical (unpaired) electrons. The van der Waals surface area contributed by atoms with E-state index in [1.54, 1.807) is 6.07 Å². The first-order valence-electron chi connectivity index (χ1n) is 6.65. The molecule has 1 aliphatic rings. The minimum Gasteiger partial charge on any atom is -0.392 e. The molecule has 124 valence electrons. The van der Waals surface area contributed by atoms with Crippen LogP contribution in [-0.4, -0.2) is 59.3 Å². The number of aliphatic hydroxyl groups is 3. The third kappa shape index (κ3) is 1.78. The molecule has 11 nitrogen and oxygen atoms in total. The van der Waals surface area contributed by atoms with Crippen molar-refractivity contribution >= 4 is 11.6 Å². The molecule has 1 aliphatic heterocycles. The molecule has 0 saturated carbocycles. The number of H-pyrrole nitrogens is 1. The number of ether oxygens (including phenoxy) is 1. The Morgan fingerprint density at radius 1 is 1.54 bits per heavy atom. The van der Waals surface area contributed by atoms with Gasteiger partial charge in [0.1, 0.15) is 24.0 Å². The lowest BCUT2D eigenvalue weighted by Gasteiger charge is -2.25. The number of anilines is 1. The first kappa shape index (κ1) is 15.9. The summed E-state index contributed by atoms with van der Waals surface area (Å²) in [6.07, 6.45) is 2.76. The van der Waals surface area contributed by atoms with Crippen molar-refractivity contribution in [2.45, 2.75) is 23.4 Å². The average Bonchev–Trinajstić information content (AvgIpc) is 3.08. The van der Waals surface area contributed by atoms with Gasteiger partial charge in [-0.15, -0.1) is 11.5 Å². The van der Waals surface area contributed by atoms with E-state index in [1.807, 2.05) is 0 Å². The van der Waals surface area contributed by atoms with Crippen molar-refractivity contribution in [2.24, 2.45) is 0 Å². The van der Waals surface area contributed by atoms with Crippen LogP contribution in [0.25, 0.3) is 5.65 Å². The maximum Gasteiger partial charge on any atom is 0.295 e. The molecule has 1 saturated heterocycles. The van der Waals surface area contributed by atoms with E-state index in [0.717, 1.165) is 10.7 Å². The van der Waals surface area contributed by atoms with Crippen LogP contribution < -0.4 is 11.3 Å². The van der Waals surface area contributed by atoms with Crippen molar-refractivity contribution in [1.29, 1.82) is 5.26 Å². The third-order valence-corrected chi connectivity index (χ3v) is 3.95. The maximum atomic E-state index is 11.8. The number of nitrogen functional groups attached to an aromatic ring is 1. The molecule has 1 fully saturated rings. The molecule has 6 N–H and O–H groups in total. The summed E-state index contributed by atoms with van der Waals surface area (Å²) in [4.78, 5) is 17.9. The normalized spacial score (nSPS) is 32.5. The quantitative estimate of drug-likeness (QED) is 0.354. The molecule has 4 atom stereocenters. The van der Waals surface area contributed by atoms with Crippen LogP contribution in [-0.2, 0) is 10.3 Å². The van der Waals surface area contributed by atoms with Crippen LogP contribution in [0.4, 0.5) is 5.95 Å². The lowest BCUT2D eigenvalue weighted by Crippen LogP contribution is -2.45. The standard InChI is InChI=1S/C13H12N6O5/c1-2-12(5-20)7(21)8(22)13(4-14,24-12)6-3-16-9-10(23)17-11(15)18-19(6)9/h1,3,7-8,20-22H,5H2,(H3,15,17,18,23)/t7?,8-,12+,13-/m0/s1. The lowest BCUT2D eigenvalue weighted by molar-refractivity contribution is -0.101. The Bertz CT molecular complexity index is 954. The molecule has 3 heterocycles. The number of fused-ring (bicyclic) bond motifs is 1. The largest absolute Gasteiger partial charge is 0.392 e. The first-order chi connectivity index (χ1) is 11.3. The molecule has 11 heteroatoms. The number of hydrogen-bond acceptors (Lipinski definition) is 9. The summed E-state index contributed by atoms with van der Waals surface area (Å²) in [5.41, 5.74) is 0.193. The highest BCUT2D eigenvalue weighted by atomic mass is 16.6. The fourth-order valence-electron chi connectivity index (χ4n) is 2.68. The van der Waals surface area contributed by atoms with Crippen molar-refractivity contribution in [3.05, 3.63) is 22.2 Å². The first-order valence-corrected chi connectivity index (χ1v) is 6.65. The van der Waals surface area contributed by atoms with Crippen LogP contribution in [0.1, 0.15) is 5.69 Å². The highest BCUT2D eigenvalue weighted by Gasteiger charge is 2.64. The van der Waals surface area contributed by atoms with E-state index in [4.69, 9.17) is 16.9 Å². The lowest BCUT2D eigenvalue weighted by atomic mass is 9.89. The van der Waals surface area contributed by atoms with Gasteiger partial charge >= 0.3 is 0 Å². The molecule has 2 aromatic rings. The Balaban J connectivity index is 2.30. The fraction of sp³-hybridized carbons (Fsp3) is 0.385. The topological polar surface area (TPSA) is 183 Å². The number of nitrogens with zero attached hydrogens (tertiary/aromatic N) is 4. The molecule has 24 heavy (non-hydrogen) atoms. The number of aromatic nitrogens is 4. The zero-order chi connectivity index (χ0) is 17.7. The highest BCUT2D eigenvalue weighted by Crippen LogP contribution is 2.44. The summed E-state index contributed by atoms with van der Waals surface area (Å²) in [6.45, 7) is -0.849. The van der Waals surface area contributed by atoms with Gasteiger partial charge in [0.05, 0.1) is 12.8 Å². The molecule has 2 aromatic heterocycles. The molecule has 0 amide bonds. The number of aromatic amines is 1. The predicted molar refractivity (Wildman–Crippen MR) is 77.1 cm³/mol. The van der Waals surface area contributed by atoms with Gasteiger partial charge in [0.15, 0.2) is 5.60 Å². The van der Waals surface area contributed by atoms with Crippen molar-refractivity contribution in [3.63, 3.8) is 0 Å². The Morgan fingerprint density at radius 3 is 2.79 bits per heavy atom. The van der Waals surface area contributed by atoms with Gasteiger partial charge in [-0.1, -0.05) is 5.92 Å². The van der Waals surface area contributed by atoms with Crippen molar-refractivity contribution in [1.82, 2.24) is 19.6 Å². The molecule has 0 bridgehead atoms. The number of hydrogen-bond donors (Lipinski definition) is 5. The predicted octanol–water partition coefficient (Wildman–Crippen LogP) is -3.17. The third-order valence-electron chi connectivity index (χ3n) is 3.95. The van der Waals surface area contributed by atoms with Crippen LogP contribution in [0.2, 0.25) is 0 Å². The summed E-state index contributed by atoms with van der Waals surface area (Å²) in [5, 5.41) is 43.5. The van der Waals surface area contributed by atoms with E-state index in [1.165, 1.54) is 0 Å². The number of imidazole rings is 1. The molecular weight excluding hydrogens is 320 g/mol. The van der Waals surface area contributed by atoms with E-state index < -0.39 is 35.6 Å². The second kappa shape index (κ2) is 5.02. The maximum absolute atomic E-state index is 11.8. The smallest absolute Gasteiger partial charge is 0.295 e. The molecule has 0 aliphatic carbocycles. The number of nitriles is 1. The number of terminal acetylenes is 1. The highest BCUT2D eigenvalue weighted by molar-refractivity contribution is 5.43. The van der Waals surface area contributed by atoms with E-state index in [0.29, 0.717) is 0 Å². The fourth-order valence-corrected chi connectivity index (χ4v) is 2.68. The molecule has 0 spiro atoms. The van der Waals surface area contributed by atoms with E-state index in [2.05, 4.69) is 21.0 Å². The number of rotatable bonds is 2. The van der Waals surface area contributed by atoms with E-state index in [-0.39, 0.29) is 17.3 Å². The van der Waals surface area contributed by atoms with Crippen molar-refractivity contribution in [2.75, 3.05) is 12.3 Å². The zero-order valence-electron chi connectivity index (χ0n) is 12.0. The summed E-state index contributed by atoms with van der Waals surface area (Å²) in [5.74, 6) is 1.79. The van der Waals surface area contributed by atoms with Crippen LogP contribution in [0.3, 0.4) is 0 Å². The Kier molecular flexibility index (Phi) is 3.33. The van der Waals surface area contributed by atoms with E-state index in [9.17, 15) is 25.4 Å². The van der Waals surface area contributed by atoms with Crippen LogP contribution in [0, 0.1) is 23.7 Å². The van der Waals surface area contributed by atoms with E-state index >= 15 is 0 Å². The Hall–Kier alpha value is -2.96. The molecule has 1 unspecified atom stereocenters. The van der Waals surface area contributed by atoms with Crippen molar-refractivity contribution < 1.29 is 20.1 Å². The summed E-state index contributed by atoms with van der Waals surface area (Å²) in [6, 6.07) is 1.72. The van der Waals surface area contributed by atoms with Gasteiger partial charge in [0.2, 0.25) is 17.2 Å². The number of aliphatic hydroxyl groups excluding tert-OH is 3. The number of nitrogens with two attached hydrogens (primary N) is 1. The van der Waals surface area contributed by atoms with Gasteiger partial charge in [-0.25, -0.2) is 9.50 Å². The van der Waals surface area contributed by atoms with Gasteiger partial charge in [-0.3, -0.25) is 9.78 Å². The minimum atomic E-state index is -2.22. The van der Waals surface area contributed by atoms with Gasteiger partial charge in [0, 0.05) is 0 Å².